The molecule has 1 aliphatic rings. The standard InChI is InChI=1S/C86H143N29O25S2/c1-13-43(7)67-83(139)102-45(9)70(126)100-47(11)72(128)109-52(24-25-60(87)118)77(133)112-57(38-116)76(132)99-36-65(123)106-53(30-41(3)4)74(130)98-37-66(124)107-59(82(138)111-56(33-61(88)119)80(136)113-58(39-117)81(137)110-54(31-42(5)6)79(135)108-50(69(89)125)22-18-27-94-85(90)91)40-142-141-29-26-62(120)105-55(32-49-20-16-15-17-21-49)75(131)97-34-63(121)96-35-64(122)104-51(23-19-28-95-86(92)93)78(134)115-68(44(8)14-2)84(140)103-46(10)71(127)101-48(12)73(129)114-67/h15-17,20-21,41-48,50-59,67-68,116-117H,13-14,18-19,22-40H2,1-12H3,(H2,87,118)(H2,88,119)(H2,89,125)(H,96,121)(H,97,131)(H,98,130)(H,99,132)(H,100,126)(H,101,127)(H,102,139)(H,103,140)(H,104,122)(H,105,120)(H,106,123)(H,107,124)(H,108,135)(H,109,128)(H,110,137)(H,111,138)(H,112,133)(H,113,136)(H,114,129)(H,115,134)(H4,90,91,94)(H4,92,93,95)/t43-,44-,45+,46+,47-,48-,50-,51-,52-,53-,54-,55-,56-,57-,58-,59-,67-,68-/m0/s1. The molecule has 0 aromatic heterocycles. The number of amides is 23. The summed E-state index contributed by atoms with van der Waals surface area (Å²) in [6.07, 6.45) is -2.19. The number of guanidine groups is 2. The number of benzene rings is 1. The van der Waals surface area contributed by atoms with Crippen molar-refractivity contribution in [3.8, 4) is 0 Å². The van der Waals surface area contributed by atoms with Crippen LogP contribution < -0.4 is 146 Å². The fourth-order valence-corrected chi connectivity index (χ4v) is 15.3. The van der Waals surface area contributed by atoms with Crippen molar-refractivity contribution in [2.45, 2.75) is 263 Å². The number of nitrogens with one attached hydrogen (secondary N) is 24. The van der Waals surface area contributed by atoms with Gasteiger partial charge in [0.1, 0.15) is 96.7 Å². The summed E-state index contributed by atoms with van der Waals surface area (Å²) in [5, 5.41) is 89.0. The molecular formula is C86H143N29O25S2. The van der Waals surface area contributed by atoms with E-state index < -0.39 is 315 Å². The summed E-state index contributed by atoms with van der Waals surface area (Å²) in [4.78, 5) is 315. The van der Waals surface area contributed by atoms with E-state index in [1.54, 1.807) is 85.7 Å². The van der Waals surface area contributed by atoms with Crippen LogP contribution >= 0.6 is 21.6 Å². The van der Waals surface area contributed by atoms with E-state index in [4.69, 9.17) is 39.5 Å². The zero-order chi connectivity index (χ0) is 107. The van der Waals surface area contributed by atoms with Gasteiger partial charge < -0.3 is 156 Å². The van der Waals surface area contributed by atoms with E-state index >= 15 is 0 Å². The summed E-state index contributed by atoms with van der Waals surface area (Å²) >= 11 is 0. The zero-order valence-corrected chi connectivity index (χ0v) is 83.3. The summed E-state index contributed by atoms with van der Waals surface area (Å²) in [5.41, 5.74) is 27.9. The summed E-state index contributed by atoms with van der Waals surface area (Å²) in [5.74, 6) is -26.8. The lowest BCUT2D eigenvalue weighted by molar-refractivity contribution is -0.136. The van der Waals surface area contributed by atoms with Gasteiger partial charge in [-0.2, -0.15) is 0 Å². The maximum atomic E-state index is 14.6. The van der Waals surface area contributed by atoms with E-state index in [0.29, 0.717) is 5.56 Å². The van der Waals surface area contributed by atoms with Crippen molar-refractivity contribution in [1.82, 2.24) is 117 Å². The first-order chi connectivity index (χ1) is 66.7. The predicted molar refractivity (Wildman–Crippen MR) is 517 cm³/mol. The highest BCUT2D eigenvalue weighted by atomic mass is 33.1. The molecular weight excluding hydrogens is 1900 g/mol. The fraction of sp³-hybridized carbons (Fsp3) is 0.640. The van der Waals surface area contributed by atoms with Gasteiger partial charge in [-0.15, -0.1) is 0 Å². The van der Waals surface area contributed by atoms with Gasteiger partial charge in [-0.25, -0.2) is 0 Å². The Labute approximate surface area is 829 Å². The quantitative estimate of drug-likeness (QED) is 0.0132. The molecule has 2 rings (SSSR count). The average Bonchev–Trinajstić information content (AvgIpc) is 0.869. The summed E-state index contributed by atoms with van der Waals surface area (Å²) in [6, 6.07) is -16.6. The van der Waals surface area contributed by atoms with Crippen LogP contribution in [-0.2, 0) is 117 Å². The van der Waals surface area contributed by atoms with E-state index in [0.717, 1.165) is 21.6 Å². The molecule has 0 radical (unpaired) electrons. The van der Waals surface area contributed by atoms with E-state index in [1.165, 1.54) is 27.7 Å². The Bertz CT molecular complexity index is 4540. The third-order valence-electron chi connectivity index (χ3n) is 21.6. The summed E-state index contributed by atoms with van der Waals surface area (Å²) in [7, 11) is 1.76. The van der Waals surface area contributed by atoms with Crippen molar-refractivity contribution in [3.63, 3.8) is 0 Å². The van der Waals surface area contributed by atoms with Gasteiger partial charge in [0.05, 0.1) is 45.8 Å². The molecule has 1 aromatic rings. The highest BCUT2D eigenvalue weighted by Gasteiger charge is 2.39. The predicted octanol–water partition coefficient (Wildman–Crippen LogP) is -11.4. The molecule has 794 valence electrons. The lowest BCUT2D eigenvalue weighted by Gasteiger charge is -2.28. The number of nitrogens with two attached hydrogens (primary N) is 5. The molecule has 1 saturated heterocycles. The third kappa shape index (κ3) is 48.9. The van der Waals surface area contributed by atoms with E-state index in [1.807, 2.05) is 0 Å². The maximum absolute atomic E-state index is 14.6. The largest absolute Gasteiger partial charge is 0.394 e. The second-order valence-corrected chi connectivity index (χ2v) is 37.3. The number of hydrogen-bond acceptors (Lipinski definition) is 29. The van der Waals surface area contributed by atoms with Crippen LogP contribution in [-0.4, -0.2) is 319 Å². The minimum Gasteiger partial charge on any atom is -0.394 e. The van der Waals surface area contributed by atoms with Crippen molar-refractivity contribution in [3.05, 3.63) is 35.9 Å². The van der Waals surface area contributed by atoms with Gasteiger partial charge in [-0.05, 0) is 102 Å². The summed E-state index contributed by atoms with van der Waals surface area (Å²) in [6.45, 7) is 12.5. The number of carbonyl (C=O) groups excluding carboxylic acids is 23. The van der Waals surface area contributed by atoms with Gasteiger partial charge in [0.15, 0.2) is 11.9 Å². The highest BCUT2D eigenvalue weighted by Crippen LogP contribution is 2.24. The molecule has 54 nitrogen and oxygen atoms in total. The van der Waals surface area contributed by atoms with Crippen LogP contribution in [0.1, 0.15) is 166 Å². The molecule has 18 atom stereocenters. The molecule has 1 aromatic carbocycles. The Balaban J connectivity index is 2.76. The van der Waals surface area contributed by atoms with Crippen LogP contribution in [0.5, 0.6) is 0 Å². The Morgan fingerprint density at radius 1 is 0.430 bits per heavy atom. The van der Waals surface area contributed by atoms with Gasteiger partial charge in [-0.3, -0.25) is 121 Å². The zero-order valence-electron chi connectivity index (χ0n) is 81.7. The topological polar surface area (TPSA) is 876 Å². The Morgan fingerprint density at radius 3 is 1.36 bits per heavy atom. The van der Waals surface area contributed by atoms with Crippen LogP contribution in [0.25, 0.3) is 0 Å². The van der Waals surface area contributed by atoms with Crippen LogP contribution in [0.4, 0.5) is 0 Å². The normalized spacial score (nSPS) is 23.1. The molecule has 142 heavy (non-hydrogen) atoms. The van der Waals surface area contributed by atoms with Crippen molar-refractivity contribution >= 4 is 169 Å². The Kier molecular flexibility index (Phi) is 57.1. The Morgan fingerprint density at radius 2 is 0.859 bits per heavy atom. The van der Waals surface area contributed by atoms with Gasteiger partial charge in [-0.1, -0.05) is 120 Å². The molecule has 1 aliphatic heterocycles. The average molecular weight is 2050 g/mol. The van der Waals surface area contributed by atoms with Gasteiger partial charge in [0.2, 0.25) is 136 Å². The van der Waals surface area contributed by atoms with Crippen molar-refractivity contribution in [2.24, 2.45) is 52.3 Å². The molecule has 1 heterocycles. The van der Waals surface area contributed by atoms with Gasteiger partial charge in [0.25, 0.3) is 0 Å². The van der Waals surface area contributed by atoms with E-state index in [9.17, 15) is 120 Å². The number of primary amides is 3. The minimum absolute atomic E-state index is 0.0265. The lowest BCUT2D eigenvalue weighted by Crippen LogP contribution is -2.60. The van der Waals surface area contributed by atoms with Crippen LogP contribution in [0, 0.1) is 34.5 Å². The molecule has 56 heteroatoms. The van der Waals surface area contributed by atoms with E-state index in [-0.39, 0.29) is 101 Å². The van der Waals surface area contributed by atoms with Crippen molar-refractivity contribution in [1.29, 1.82) is 10.8 Å². The minimum atomic E-state index is -2.01. The maximum Gasteiger partial charge on any atom is 0.245 e. The first kappa shape index (κ1) is 124. The molecule has 0 bridgehead atoms. The van der Waals surface area contributed by atoms with E-state index in [2.05, 4.69) is 117 Å². The fourth-order valence-electron chi connectivity index (χ4n) is 13.2. The number of aliphatic hydroxyl groups is 2. The first-order valence-electron chi connectivity index (χ1n) is 46.2. The number of hydrogen-bond donors (Lipinski definition) is 31. The number of aliphatic hydroxyl groups excluding tert-OH is 2. The molecule has 0 aliphatic carbocycles. The van der Waals surface area contributed by atoms with Crippen LogP contribution in [0.15, 0.2) is 30.3 Å². The molecule has 36 N–H and O–H groups in total. The number of carbonyl (C=O) groups is 23. The summed E-state index contributed by atoms with van der Waals surface area (Å²) < 4.78 is 0. The lowest BCUT2D eigenvalue weighted by atomic mass is 9.97. The highest BCUT2D eigenvalue weighted by molar-refractivity contribution is 8.76. The van der Waals surface area contributed by atoms with Crippen LogP contribution in [0.2, 0.25) is 0 Å². The smallest absolute Gasteiger partial charge is 0.245 e. The SMILES string of the molecule is CC[C@H](C)[C@@H]1NC(=O)[C@H](C)NC(=O)[C@@H](C)NC(=O)[C@H]([C@@H](C)CC)NC(=O)[C@H](CCCNC(=N)N)NC(=O)CNC(=O)CNC(=O)[C@H](Cc2ccccc2)NC(=O)CCSSC[C@@H](C(=O)N[C@@H](CC(N)=O)C(=O)N[C@@H](CO)C(=O)N[C@@H](CC(C)C)C(=O)N[C@@H](CCCNC(=N)N)C(N)=O)NC(=O)CNC(=O)[C@H](CC(C)C)NC(=O)CNC(=O)[C@H](CO)NC(=O)[C@H](CCC(N)=O)NC(=O)[C@H](C)NC(=O)[C@@H](C)NC1=O. The molecule has 0 spiro atoms. The second-order valence-electron chi connectivity index (χ2n) is 34.7. The monoisotopic (exact) mass is 2050 g/mol. The van der Waals surface area contributed by atoms with Crippen molar-refractivity contribution in [2.75, 3.05) is 64.0 Å². The third-order valence-corrected chi connectivity index (χ3v) is 24.0. The molecule has 23 amide bonds. The molecule has 0 saturated carbocycles. The first-order valence-corrected chi connectivity index (χ1v) is 48.7. The molecule has 1 fully saturated rings. The van der Waals surface area contributed by atoms with Crippen LogP contribution in [0.3, 0.4) is 0 Å². The Hall–Kier alpha value is -13.8. The second kappa shape index (κ2) is 65.2. The van der Waals surface area contributed by atoms with Crippen molar-refractivity contribution < 1.29 is 120 Å². The van der Waals surface area contributed by atoms with Gasteiger partial charge >= 0.3 is 0 Å². The van der Waals surface area contributed by atoms with Gasteiger partial charge in [0, 0.05) is 43.9 Å². The number of rotatable bonds is 34. The molecule has 0 unspecified atom stereocenters.